The van der Waals surface area contributed by atoms with Crippen molar-refractivity contribution in [2.75, 3.05) is 12.9 Å². The van der Waals surface area contributed by atoms with Crippen molar-refractivity contribution in [2.24, 2.45) is 0 Å². The van der Waals surface area contributed by atoms with E-state index in [9.17, 15) is 8.42 Å². The Labute approximate surface area is 168 Å². The third kappa shape index (κ3) is 4.57. The molecule has 2 aliphatic rings. The molecule has 0 bridgehead atoms. The lowest BCUT2D eigenvalue weighted by Gasteiger charge is -2.26. The fourth-order valence-corrected chi connectivity index (χ4v) is 4.91. The van der Waals surface area contributed by atoms with Crippen molar-refractivity contribution < 1.29 is 13.2 Å². The van der Waals surface area contributed by atoms with Crippen LogP contribution in [0.2, 0.25) is 0 Å². The highest BCUT2D eigenvalue weighted by Gasteiger charge is 2.35. The van der Waals surface area contributed by atoms with Crippen LogP contribution >= 0.6 is 0 Å². The van der Waals surface area contributed by atoms with E-state index in [1.54, 1.807) is 4.31 Å². The summed E-state index contributed by atoms with van der Waals surface area (Å²) >= 11 is 0. The van der Waals surface area contributed by atoms with Crippen LogP contribution in [0.4, 0.5) is 0 Å². The molecule has 1 aliphatic heterocycles. The van der Waals surface area contributed by atoms with E-state index < -0.39 is 10.0 Å². The molecule has 5 nitrogen and oxygen atoms in total. The molecule has 1 atom stereocenters. The average molecular weight is 401 g/mol. The van der Waals surface area contributed by atoms with Crippen LogP contribution in [0.3, 0.4) is 0 Å². The van der Waals surface area contributed by atoms with Gasteiger partial charge in [0, 0.05) is 37.3 Å². The maximum absolute atomic E-state index is 12.2. The number of hydrogen-bond donors (Lipinski definition) is 0. The van der Waals surface area contributed by atoms with Gasteiger partial charge in [0.2, 0.25) is 10.0 Å². The fraction of sp³-hybridized carbons (Fsp3) is 0.455. The monoisotopic (exact) mass is 400 g/mol. The van der Waals surface area contributed by atoms with E-state index in [0.717, 1.165) is 42.8 Å². The molecule has 1 saturated carbocycles. The molecule has 1 aliphatic carbocycles. The number of rotatable bonds is 6. The zero-order valence-corrected chi connectivity index (χ0v) is 17.4. The molecule has 2 aromatic carbocycles. The second-order valence-electron chi connectivity index (χ2n) is 8.03. The van der Waals surface area contributed by atoms with Gasteiger partial charge in [0.1, 0.15) is 12.4 Å². The summed E-state index contributed by atoms with van der Waals surface area (Å²) < 4.78 is 32.0. The lowest BCUT2D eigenvalue weighted by atomic mass is 10.1. The van der Waals surface area contributed by atoms with Crippen LogP contribution in [0.25, 0.3) is 0 Å². The Kier molecular flexibility index (Phi) is 5.45. The molecule has 1 unspecified atom stereocenters. The van der Waals surface area contributed by atoms with Crippen molar-refractivity contribution in [3.05, 3.63) is 65.2 Å². The molecule has 0 radical (unpaired) electrons. The number of sulfonamides is 1. The molecule has 2 aromatic rings. The molecular formula is C22H28N2O3S. The van der Waals surface area contributed by atoms with Crippen molar-refractivity contribution in [3.63, 3.8) is 0 Å². The molecule has 0 aromatic heterocycles. The predicted octanol–water partition coefficient (Wildman–Crippen LogP) is 3.39. The van der Waals surface area contributed by atoms with Crippen molar-refractivity contribution >= 4 is 10.0 Å². The highest BCUT2D eigenvalue weighted by molar-refractivity contribution is 7.88. The molecule has 0 N–H and O–H groups in total. The first-order valence-electron chi connectivity index (χ1n) is 9.89. The summed E-state index contributed by atoms with van der Waals surface area (Å²) in [7, 11) is -3.20. The Morgan fingerprint density at radius 2 is 1.86 bits per heavy atom. The molecular weight excluding hydrogens is 372 g/mol. The van der Waals surface area contributed by atoms with Gasteiger partial charge < -0.3 is 4.74 Å². The zero-order chi connectivity index (χ0) is 19.7. The maximum Gasteiger partial charge on any atom is 0.211 e. The van der Waals surface area contributed by atoms with E-state index >= 15 is 0 Å². The van der Waals surface area contributed by atoms with E-state index in [-0.39, 0.29) is 6.04 Å². The van der Waals surface area contributed by atoms with E-state index in [4.69, 9.17) is 4.74 Å². The van der Waals surface area contributed by atoms with Gasteiger partial charge in [-0.2, -0.15) is 4.31 Å². The molecule has 0 amide bonds. The van der Waals surface area contributed by atoms with Gasteiger partial charge in [0.05, 0.1) is 6.26 Å². The van der Waals surface area contributed by atoms with Gasteiger partial charge in [-0.1, -0.05) is 36.4 Å². The highest BCUT2D eigenvalue weighted by Crippen LogP contribution is 2.32. The molecule has 1 heterocycles. The molecule has 0 saturated heterocycles. The molecule has 28 heavy (non-hydrogen) atoms. The first kappa shape index (κ1) is 19.4. The van der Waals surface area contributed by atoms with Crippen LogP contribution in [0, 0.1) is 0 Å². The molecule has 6 heteroatoms. The van der Waals surface area contributed by atoms with E-state index in [1.165, 1.54) is 11.8 Å². The zero-order valence-electron chi connectivity index (χ0n) is 16.5. The first-order valence-corrected chi connectivity index (χ1v) is 11.7. The van der Waals surface area contributed by atoms with E-state index in [2.05, 4.69) is 42.2 Å². The Bertz CT molecular complexity index is 926. The quantitative estimate of drug-likeness (QED) is 0.746. The maximum atomic E-state index is 12.2. The van der Waals surface area contributed by atoms with Crippen molar-refractivity contribution in [1.82, 2.24) is 9.21 Å². The van der Waals surface area contributed by atoms with Gasteiger partial charge >= 0.3 is 0 Å². The summed E-state index contributed by atoms with van der Waals surface area (Å²) in [6.45, 7) is 4.93. The van der Waals surface area contributed by atoms with Crippen LogP contribution in [0.5, 0.6) is 5.75 Å². The molecule has 1 fully saturated rings. The third-order valence-electron chi connectivity index (χ3n) is 5.55. The molecule has 0 spiro atoms. The van der Waals surface area contributed by atoms with Crippen LogP contribution in [-0.2, 0) is 29.7 Å². The summed E-state index contributed by atoms with van der Waals surface area (Å²) in [5, 5.41) is 0. The Morgan fingerprint density at radius 1 is 1.11 bits per heavy atom. The van der Waals surface area contributed by atoms with Crippen LogP contribution < -0.4 is 4.74 Å². The lowest BCUT2D eigenvalue weighted by Crippen LogP contribution is -2.34. The SMILES string of the molecule is CC1COc2ccc(CN(C3CC3)S(C)(=O)=O)cc2CN1Cc1ccccc1. The van der Waals surface area contributed by atoms with Gasteiger partial charge in [0.15, 0.2) is 0 Å². The number of nitrogens with zero attached hydrogens (tertiary/aromatic N) is 2. The smallest absolute Gasteiger partial charge is 0.211 e. The Morgan fingerprint density at radius 3 is 2.54 bits per heavy atom. The van der Waals surface area contributed by atoms with Crippen molar-refractivity contribution in [2.45, 2.75) is 51.5 Å². The van der Waals surface area contributed by atoms with Crippen LogP contribution in [0.1, 0.15) is 36.5 Å². The largest absolute Gasteiger partial charge is 0.492 e. The Balaban J connectivity index is 1.55. The summed E-state index contributed by atoms with van der Waals surface area (Å²) in [4.78, 5) is 2.42. The highest BCUT2D eigenvalue weighted by atomic mass is 32.2. The topological polar surface area (TPSA) is 49.9 Å². The molecule has 150 valence electrons. The van der Waals surface area contributed by atoms with E-state index in [1.807, 2.05) is 18.2 Å². The van der Waals surface area contributed by atoms with Crippen LogP contribution in [-0.4, -0.2) is 42.6 Å². The minimum absolute atomic E-state index is 0.166. The second-order valence-corrected chi connectivity index (χ2v) is 9.97. The minimum atomic E-state index is -3.20. The number of hydrogen-bond acceptors (Lipinski definition) is 4. The normalized spacial score (nSPS) is 20.5. The van der Waals surface area contributed by atoms with E-state index in [0.29, 0.717) is 19.2 Å². The summed E-state index contributed by atoms with van der Waals surface area (Å²) in [6, 6.07) is 17.0. The predicted molar refractivity (Wildman–Crippen MR) is 110 cm³/mol. The van der Waals surface area contributed by atoms with Gasteiger partial charge in [-0.15, -0.1) is 0 Å². The summed E-state index contributed by atoms with van der Waals surface area (Å²) in [5.74, 6) is 0.906. The number of fused-ring (bicyclic) bond motifs is 1. The van der Waals surface area contributed by atoms with Crippen LogP contribution in [0.15, 0.2) is 48.5 Å². The second kappa shape index (κ2) is 7.85. The Hall–Kier alpha value is -1.89. The van der Waals surface area contributed by atoms with Gasteiger partial charge in [-0.05, 0) is 43.0 Å². The number of benzene rings is 2. The van der Waals surface area contributed by atoms with Gasteiger partial charge in [-0.25, -0.2) is 8.42 Å². The minimum Gasteiger partial charge on any atom is -0.492 e. The molecule has 4 rings (SSSR count). The average Bonchev–Trinajstić information content (AvgIpc) is 3.49. The summed E-state index contributed by atoms with van der Waals surface area (Å²) in [6.07, 6.45) is 3.23. The number of ether oxygens (including phenoxy) is 1. The van der Waals surface area contributed by atoms with Gasteiger partial charge in [-0.3, -0.25) is 4.90 Å². The summed E-state index contributed by atoms with van der Waals surface area (Å²) in [5.41, 5.74) is 3.43. The third-order valence-corrected chi connectivity index (χ3v) is 6.83. The van der Waals surface area contributed by atoms with Gasteiger partial charge in [0.25, 0.3) is 0 Å². The first-order chi connectivity index (χ1) is 13.4. The standard InChI is InChI=1S/C22H28N2O3S/c1-17-16-27-22-11-8-19(14-24(21-9-10-21)28(2,25)26)12-20(22)15-23(17)13-18-6-4-3-5-7-18/h3-8,11-12,17,21H,9-10,13-16H2,1-2H3. The lowest BCUT2D eigenvalue weighted by molar-refractivity contribution is 0.151. The fourth-order valence-electron chi connectivity index (χ4n) is 3.78. The van der Waals surface area contributed by atoms with Crippen molar-refractivity contribution in [1.29, 1.82) is 0 Å². The van der Waals surface area contributed by atoms with Crippen molar-refractivity contribution in [3.8, 4) is 5.75 Å².